The molecule has 0 radical (unpaired) electrons. The van der Waals surface area contributed by atoms with Gasteiger partial charge in [-0.3, -0.25) is 4.79 Å². The average Bonchev–Trinajstić information content (AvgIpc) is 3.27. The Morgan fingerprint density at radius 2 is 1.93 bits per heavy atom. The van der Waals surface area contributed by atoms with Crippen molar-refractivity contribution in [1.29, 1.82) is 0 Å². The molecule has 0 unspecified atom stereocenters. The summed E-state index contributed by atoms with van der Waals surface area (Å²) >= 11 is 3.04. The first-order valence-corrected chi connectivity index (χ1v) is 12.5. The van der Waals surface area contributed by atoms with Crippen molar-refractivity contribution in [1.82, 2.24) is 14.6 Å². The molecule has 28 heavy (non-hydrogen) atoms. The number of aryl methyl sites for hydroxylation is 4. The number of thioether (sulfide) groups is 1. The lowest BCUT2D eigenvalue weighted by molar-refractivity contribution is -0.123. The van der Waals surface area contributed by atoms with E-state index in [1.165, 1.54) is 16.1 Å². The molecule has 1 aromatic heterocycles. The highest BCUT2D eigenvalue weighted by Crippen LogP contribution is 2.31. The van der Waals surface area contributed by atoms with Gasteiger partial charge in [-0.1, -0.05) is 6.07 Å². The van der Waals surface area contributed by atoms with Gasteiger partial charge >= 0.3 is 0 Å². The molecule has 9 heteroatoms. The van der Waals surface area contributed by atoms with Crippen molar-refractivity contribution in [2.24, 2.45) is 0 Å². The first kappa shape index (κ1) is 21.3. The van der Waals surface area contributed by atoms with Gasteiger partial charge < -0.3 is 5.32 Å². The van der Waals surface area contributed by atoms with Crippen LogP contribution in [0.3, 0.4) is 0 Å². The van der Waals surface area contributed by atoms with Crippen molar-refractivity contribution in [2.75, 3.05) is 18.2 Å². The lowest BCUT2D eigenvalue weighted by atomic mass is 10.1. The highest BCUT2D eigenvalue weighted by Gasteiger charge is 2.40. The number of hydrogen-bond donors (Lipinski definition) is 1. The second-order valence-electron chi connectivity index (χ2n) is 7.01. The van der Waals surface area contributed by atoms with Crippen molar-refractivity contribution >= 4 is 39.0 Å². The summed E-state index contributed by atoms with van der Waals surface area (Å²) in [6.07, 6.45) is 0.638. The molecule has 1 aliphatic rings. The number of aromatic nitrogens is 1. The summed E-state index contributed by atoms with van der Waals surface area (Å²) in [6.45, 7) is 8.05. The first-order valence-electron chi connectivity index (χ1n) is 9.06. The van der Waals surface area contributed by atoms with Crippen LogP contribution in [0.25, 0.3) is 0 Å². The Morgan fingerprint density at radius 3 is 2.61 bits per heavy atom. The fourth-order valence-corrected chi connectivity index (χ4v) is 7.25. The molecule has 0 spiro atoms. The Balaban J connectivity index is 1.72. The van der Waals surface area contributed by atoms with Gasteiger partial charge in [0.25, 0.3) is 0 Å². The zero-order valence-corrected chi connectivity index (χ0v) is 18.9. The quantitative estimate of drug-likeness (QED) is 0.749. The smallest absolute Gasteiger partial charge is 0.244 e. The summed E-state index contributed by atoms with van der Waals surface area (Å²) in [5, 5.41) is 5.85. The Hall–Kier alpha value is -1.42. The maximum Gasteiger partial charge on any atom is 0.244 e. The Labute approximate surface area is 174 Å². The van der Waals surface area contributed by atoms with Gasteiger partial charge in [0.2, 0.25) is 15.9 Å². The van der Waals surface area contributed by atoms with Gasteiger partial charge in [-0.05, 0) is 50.5 Å². The van der Waals surface area contributed by atoms with Crippen LogP contribution in [0, 0.1) is 27.7 Å². The lowest BCUT2D eigenvalue weighted by Gasteiger charge is -2.24. The predicted octanol–water partition coefficient (Wildman–Crippen LogP) is 2.80. The fourth-order valence-electron chi connectivity index (χ4n) is 3.16. The third-order valence-electron chi connectivity index (χ3n) is 4.87. The number of thiazole rings is 1. The SMILES string of the molecule is Cc1nc(CCNC(=O)[C@H]2CSCN2S(=O)(=O)c2cc(C)c(C)cc2C)cs1. The minimum Gasteiger partial charge on any atom is -0.354 e. The zero-order valence-electron chi connectivity index (χ0n) is 16.5. The molecule has 0 aliphatic carbocycles. The number of nitrogens with zero attached hydrogens (tertiary/aromatic N) is 2. The van der Waals surface area contributed by atoms with Gasteiger partial charge in [0, 0.05) is 24.1 Å². The summed E-state index contributed by atoms with van der Waals surface area (Å²) < 4.78 is 27.8. The molecule has 1 aromatic carbocycles. The Bertz CT molecular complexity index is 986. The van der Waals surface area contributed by atoms with Crippen molar-refractivity contribution in [2.45, 2.75) is 45.1 Å². The van der Waals surface area contributed by atoms with Crippen LogP contribution in [-0.2, 0) is 21.2 Å². The van der Waals surface area contributed by atoms with Gasteiger partial charge in [-0.25, -0.2) is 13.4 Å². The molecule has 2 heterocycles. The van der Waals surface area contributed by atoms with Crippen LogP contribution in [0.2, 0.25) is 0 Å². The molecule has 152 valence electrons. The van der Waals surface area contributed by atoms with Gasteiger partial charge in [-0.15, -0.1) is 23.1 Å². The highest BCUT2D eigenvalue weighted by molar-refractivity contribution is 8.00. The molecule has 1 fully saturated rings. The Morgan fingerprint density at radius 1 is 1.21 bits per heavy atom. The van der Waals surface area contributed by atoms with E-state index in [-0.39, 0.29) is 16.7 Å². The molecule has 6 nitrogen and oxygen atoms in total. The summed E-state index contributed by atoms with van der Waals surface area (Å²) in [5.74, 6) is 0.505. The van der Waals surface area contributed by atoms with Crippen LogP contribution < -0.4 is 5.32 Å². The van der Waals surface area contributed by atoms with E-state index >= 15 is 0 Å². The number of nitrogens with one attached hydrogen (secondary N) is 1. The predicted molar refractivity (Wildman–Crippen MR) is 114 cm³/mol. The number of carbonyl (C=O) groups excluding carboxylic acids is 1. The molecule has 1 N–H and O–H groups in total. The van der Waals surface area contributed by atoms with Crippen molar-refractivity contribution in [3.63, 3.8) is 0 Å². The van der Waals surface area contributed by atoms with E-state index in [0.29, 0.717) is 24.3 Å². The summed E-state index contributed by atoms with van der Waals surface area (Å²) in [5.41, 5.74) is 3.63. The molecule has 1 amide bonds. The normalized spacial score (nSPS) is 17.8. The topological polar surface area (TPSA) is 79.4 Å². The van der Waals surface area contributed by atoms with E-state index in [1.807, 2.05) is 32.2 Å². The number of hydrogen-bond acceptors (Lipinski definition) is 6. The molecular formula is C19H25N3O3S3. The average molecular weight is 440 g/mol. The largest absolute Gasteiger partial charge is 0.354 e. The van der Waals surface area contributed by atoms with Gasteiger partial charge in [-0.2, -0.15) is 4.31 Å². The zero-order chi connectivity index (χ0) is 20.5. The van der Waals surface area contributed by atoms with Crippen molar-refractivity contribution in [3.05, 3.63) is 44.9 Å². The van der Waals surface area contributed by atoms with Crippen LogP contribution in [0.4, 0.5) is 0 Å². The molecular weight excluding hydrogens is 414 g/mol. The fraction of sp³-hybridized carbons (Fsp3) is 0.474. The van der Waals surface area contributed by atoms with Gasteiger partial charge in [0.15, 0.2) is 0 Å². The maximum absolute atomic E-state index is 13.3. The standard InChI is InChI=1S/C19H25N3O3S3/c1-12-7-14(3)18(8-13(12)2)28(24,25)22-11-26-10-17(22)19(23)20-6-5-16-9-27-15(4)21-16/h7-9,17H,5-6,10-11H2,1-4H3,(H,20,23)/t17-/m1/s1. The maximum atomic E-state index is 13.3. The van der Waals surface area contributed by atoms with Gasteiger partial charge in [0.1, 0.15) is 6.04 Å². The number of sulfonamides is 1. The van der Waals surface area contributed by atoms with E-state index in [0.717, 1.165) is 21.8 Å². The lowest BCUT2D eigenvalue weighted by Crippen LogP contribution is -2.47. The summed E-state index contributed by atoms with van der Waals surface area (Å²) in [6, 6.07) is 2.91. The van der Waals surface area contributed by atoms with E-state index < -0.39 is 16.1 Å². The van der Waals surface area contributed by atoms with Crippen molar-refractivity contribution in [3.8, 4) is 0 Å². The van der Waals surface area contributed by atoms with Gasteiger partial charge in [0.05, 0.1) is 21.5 Å². The number of carbonyl (C=O) groups is 1. The minimum atomic E-state index is -3.74. The molecule has 1 saturated heterocycles. The monoisotopic (exact) mass is 439 g/mol. The molecule has 3 rings (SSSR count). The second-order valence-corrected chi connectivity index (χ2v) is 10.9. The van der Waals surface area contributed by atoms with E-state index in [1.54, 1.807) is 24.3 Å². The number of rotatable bonds is 6. The summed E-state index contributed by atoms with van der Waals surface area (Å²) in [4.78, 5) is 17.4. The molecule has 0 saturated carbocycles. The van der Waals surface area contributed by atoms with Crippen LogP contribution in [0.1, 0.15) is 27.4 Å². The molecule has 1 atom stereocenters. The number of benzene rings is 1. The number of amides is 1. The van der Waals surface area contributed by atoms with E-state index in [4.69, 9.17) is 0 Å². The highest BCUT2D eigenvalue weighted by atomic mass is 32.2. The molecule has 0 bridgehead atoms. The third kappa shape index (κ3) is 4.42. The van der Waals surface area contributed by atoms with Crippen LogP contribution in [0.5, 0.6) is 0 Å². The van der Waals surface area contributed by atoms with E-state index in [2.05, 4.69) is 10.3 Å². The third-order valence-corrected chi connectivity index (χ3v) is 8.86. The van der Waals surface area contributed by atoms with Crippen LogP contribution in [-0.4, -0.2) is 47.8 Å². The first-order chi connectivity index (χ1) is 13.2. The second kappa shape index (κ2) is 8.52. The molecule has 1 aliphatic heterocycles. The van der Waals surface area contributed by atoms with Crippen LogP contribution in [0.15, 0.2) is 22.4 Å². The van der Waals surface area contributed by atoms with Crippen molar-refractivity contribution < 1.29 is 13.2 Å². The Kier molecular flexibility index (Phi) is 6.48. The molecule has 2 aromatic rings. The summed E-state index contributed by atoms with van der Waals surface area (Å²) in [7, 11) is -3.74. The van der Waals surface area contributed by atoms with E-state index in [9.17, 15) is 13.2 Å². The van der Waals surface area contributed by atoms with Crippen LogP contribution >= 0.6 is 23.1 Å². The minimum absolute atomic E-state index is 0.248.